The lowest BCUT2D eigenvalue weighted by Gasteiger charge is -2.11. The molecule has 2 heterocycles. The van der Waals surface area contributed by atoms with Crippen LogP contribution in [0, 0.1) is 13.8 Å². The average molecular weight is 243 g/mol. The Balaban J connectivity index is 2.33. The second-order valence-electron chi connectivity index (χ2n) is 4.26. The van der Waals surface area contributed by atoms with Gasteiger partial charge in [0.15, 0.2) is 5.75 Å². The van der Waals surface area contributed by atoms with Gasteiger partial charge in [-0.1, -0.05) is 6.92 Å². The topological polar surface area (TPSA) is 61.0 Å². The first-order valence-electron chi connectivity index (χ1n) is 5.96. The standard InChI is InChI=1S/C14H17N3O/c1-4-12-13(6-5-10(3)17-12)18-14-11(15)7-9(2)8-16-14/h5-8H,4,15H2,1-3H3. The SMILES string of the molecule is CCc1nc(C)ccc1Oc1ncc(C)cc1N. The first-order chi connectivity index (χ1) is 8.60. The Bertz CT molecular complexity index is 567. The second-order valence-corrected chi connectivity index (χ2v) is 4.26. The molecule has 0 bridgehead atoms. The molecule has 0 aliphatic heterocycles. The van der Waals surface area contributed by atoms with Crippen molar-refractivity contribution in [3.63, 3.8) is 0 Å². The zero-order valence-corrected chi connectivity index (χ0v) is 10.9. The smallest absolute Gasteiger partial charge is 0.242 e. The zero-order valence-electron chi connectivity index (χ0n) is 10.9. The number of rotatable bonds is 3. The van der Waals surface area contributed by atoms with Crippen LogP contribution in [0.15, 0.2) is 24.4 Å². The monoisotopic (exact) mass is 243 g/mol. The molecule has 94 valence electrons. The maximum absolute atomic E-state index is 5.88. The summed E-state index contributed by atoms with van der Waals surface area (Å²) in [6, 6.07) is 5.66. The summed E-state index contributed by atoms with van der Waals surface area (Å²) in [4.78, 5) is 8.64. The third-order valence-corrected chi connectivity index (χ3v) is 2.63. The molecular weight excluding hydrogens is 226 g/mol. The highest BCUT2D eigenvalue weighted by molar-refractivity contribution is 5.51. The quantitative estimate of drug-likeness (QED) is 0.900. The fourth-order valence-electron chi connectivity index (χ4n) is 1.71. The van der Waals surface area contributed by atoms with Crippen LogP contribution in [0.25, 0.3) is 0 Å². The lowest BCUT2D eigenvalue weighted by atomic mass is 10.2. The van der Waals surface area contributed by atoms with E-state index in [1.165, 1.54) is 0 Å². The first-order valence-corrected chi connectivity index (χ1v) is 5.96. The molecule has 0 aromatic carbocycles. The van der Waals surface area contributed by atoms with Gasteiger partial charge in [0.2, 0.25) is 5.88 Å². The lowest BCUT2D eigenvalue weighted by molar-refractivity contribution is 0.456. The summed E-state index contributed by atoms with van der Waals surface area (Å²) in [5.74, 6) is 1.15. The third-order valence-electron chi connectivity index (χ3n) is 2.63. The van der Waals surface area contributed by atoms with E-state index in [1.54, 1.807) is 6.20 Å². The fraction of sp³-hybridized carbons (Fsp3) is 0.286. The Morgan fingerprint density at radius 2 is 2.06 bits per heavy atom. The molecule has 0 radical (unpaired) electrons. The maximum atomic E-state index is 5.88. The molecule has 0 fully saturated rings. The van der Waals surface area contributed by atoms with Gasteiger partial charge in [0.05, 0.1) is 11.4 Å². The van der Waals surface area contributed by atoms with Crippen molar-refractivity contribution in [1.82, 2.24) is 9.97 Å². The van der Waals surface area contributed by atoms with Gasteiger partial charge >= 0.3 is 0 Å². The maximum Gasteiger partial charge on any atom is 0.242 e. The Kier molecular flexibility index (Phi) is 3.46. The Labute approximate surface area is 107 Å². The van der Waals surface area contributed by atoms with Crippen LogP contribution < -0.4 is 10.5 Å². The summed E-state index contributed by atoms with van der Waals surface area (Å²) in [7, 11) is 0. The van der Waals surface area contributed by atoms with Crippen LogP contribution in [0.4, 0.5) is 5.69 Å². The van der Waals surface area contributed by atoms with Crippen molar-refractivity contribution in [2.75, 3.05) is 5.73 Å². The molecule has 4 heteroatoms. The molecule has 0 amide bonds. The predicted molar refractivity (Wildman–Crippen MR) is 71.8 cm³/mol. The van der Waals surface area contributed by atoms with E-state index >= 15 is 0 Å². The molecule has 2 rings (SSSR count). The Morgan fingerprint density at radius 3 is 2.72 bits per heavy atom. The van der Waals surface area contributed by atoms with Gasteiger partial charge in [-0.3, -0.25) is 4.98 Å². The van der Waals surface area contributed by atoms with Crippen LogP contribution in [-0.2, 0) is 6.42 Å². The summed E-state index contributed by atoms with van der Waals surface area (Å²) in [5.41, 5.74) is 9.32. The van der Waals surface area contributed by atoms with Crippen molar-refractivity contribution in [1.29, 1.82) is 0 Å². The molecule has 0 spiro atoms. The number of aromatic nitrogens is 2. The van der Waals surface area contributed by atoms with Crippen LogP contribution in [-0.4, -0.2) is 9.97 Å². The minimum atomic E-state index is 0.431. The van der Waals surface area contributed by atoms with Gasteiger partial charge in [-0.25, -0.2) is 4.98 Å². The molecule has 18 heavy (non-hydrogen) atoms. The fourth-order valence-corrected chi connectivity index (χ4v) is 1.71. The minimum Gasteiger partial charge on any atom is -0.435 e. The van der Waals surface area contributed by atoms with Crippen molar-refractivity contribution in [3.05, 3.63) is 41.3 Å². The van der Waals surface area contributed by atoms with E-state index in [0.29, 0.717) is 17.3 Å². The molecule has 2 N–H and O–H groups in total. The summed E-state index contributed by atoms with van der Waals surface area (Å²) in [6.07, 6.45) is 2.54. The van der Waals surface area contributed by atoms with Crippen molar-refractivity contribution < 1.29 is 4.74 Å². The second kappa shape index (κ2) is 5.04. The molecule has 0 aliphatic rings. The van der Waals surface area contributed by atoms with E-state index in [1.807, 2.05) is 39.0 Å². The van der Waals surface area contributed by atoms with Crippen LogP contribution >= 0.6 is 0 Å². The highest BCUT2D eigenvalue weighted by Gasteiger charge is 2.08. The predicted octanol–water partition coefficient (Wildman–Crippen LogP) is 3.03. The average Bonchev–Trinajstić information content (AvgIpc) is 2.34. The van der Waals surface area contributed by atoms with Crippen molar-refractivity contribution in [2.24, 2.45) is 0 Å². The van der Waals surface area contributed by atoms with Gasteiger partial charge in [0.25, 0.3) is 0 Å². The van der Waals surface area contributed by atoms with Gasteiger partial charge in [-0.2, -0.15) is 0 Å². The van der Waals surface area contributed by atoms with Crippen LogP contribution in [0.3, 0.4) is 0 Å². The highest BCUT2D eigenvalue weighted by Crippen LogP contribution is 2.27. The molecule has 4 nitrogen and oxygen atoms in total. The molecule has 2 aromatic rings. The van der Waals surface area contributed by atoms with Crippen molar-refractivity contribution >= 4 is 5.69 Å². The number of aryl methyl sites for hydroxylation is 3. The Hall–Kier alpha value is -2.10. The zero-order chi connectivity index (χ0) is 13.1. The van der Waals surface area contributed by atoms with Gasteiger partial charge in [0.1, 0.15) is 0 Å². The third kappa shape index (κ3) is 2.59. The molecule has 0 aliphatic carbocycles. The number of ether oxygens (including phenoxy) is 1. The van der Waals surface area contributed by atoms with Crippen molar-refractivity contribution in [3.8, 4) is 11.6 Å². The number of pyridine rings is 2. The Morgan fingerprint density at radius 1 is 1.28 bits per heavy atom. The van der Waals surface area contributed by atoms with E-state index in [0.717, 1.165) is 23.4 Å². The lowest BCUT2D eigenvalue weighted by Crippen LogP contribution is -1.99. The van der Waals surface area contributed by atoms with Gasteiger partial charge in [-0.05, 0) is 44.0 Å². The van der Waals surface area contributed by atoms with E-state index < -0.39 is 0 Å². The normalized spacial score (nSPS) is 10.4. The highest BCUT2D eigenvalue weighted by atomic mass is 16.5. The summed E-state index contributed by atoms with van der Waals surface area (Å²) in [6.45, 7) is 5.94. The summed E-state index contributed by atoms with van der Waals surface area (Å²) >= 11 is 0. The van der Waals surface area contributed by atoms with Gasteiger partial charge in [0, 0.05) is 11.9 Å². The number of hydrogen-bond acceptors (Lipinski definition) is 4. The van der Waals surface area contributed by atoms with E-state index in [9.17, 15) is 0 Å². The largest absolute Gasteiger partial charge is 0.435 e. The van der Waals surface area contributed by atoms with Crippen LogP contribution in [0.1, 0.15) is 23.9 Å². The number of nitrogen functional groups attached to an aromatic ring is 1. The molecular formula is C14H17N3O. The van der Waals surface area contributed by atoms with Gasteiger partial charge < -0.3 is 10.5 Å². The molecule has 0 saturated carbocycles. The van der Waals surface area contributed by atoms with E-state index in [4.69, 9.17) is 10.5 Å². The van der Waals surface area contributed by atoms with Crippen molar-refractivity contribution in [2.45, 2.75) is 27.2 Å². The van der Waals surface area contributed by atoms with E-state index in [2.05, 4.69) is 9.97 Å². The number of nitrogens with zero attached hydrogens (tertiary/aromatic N) is 2. The number of hydrogen-bond donors (Lipinski definition) is 1. The summed E-state index contributed by atoms with van der Waals surface area (Å²) in [5, 5.41) is 0. The first kappa shape index (κ1) is 12.4. The molecule has 0 atom stereocenters. The van der Waals surface area contributed by atoms with Crippen LogP contribution in [0.2, 0.25) is 0 Å². The van der Waals surface area contributed by atoms with E-state index in [-0.39, 0.29) is 0 Å². The van der Waals surface area contributed by atoms with Crippen LogP contribution in [0.5, 0.6) is 11.6 Å². The summed E-state index contributed by atoms with van der Waals surface area (Å²) < 4.78 is 5.74. The minimum absolute atomic E-state index is 0.431. The molecule has 0 unspecified atom stereocenters. The number of anilines is 1. The molecule has 0 saturated heterocycles. The van der Waals surface area contributed by atoms with Gasteiger partial charge in [-0.15, -0.1) is 0 Å². The number of nitrogens with two attached hydrogens (primary N) is 1. The molecule has 2 aromatic heterocycles.